The van der Waals surface area contributed by atoms with Gasteiger partial charge in [-0.15, -0.1) is 0 Å². The van der Waals surface area contributed by atoms with Crippen molar-refractivity contribution in [2.45, 2.75) is 64.3 Å². The van der Waals surface area contributed by atoms with Gasteiger partial charge < -0.3 is 20.3 Å². The molecule has 1 aliphatic rings. The molecule has 0 aromatic rings. The quantitative estimate of drug-likeness (QED) is 0.645. The molecule has 4 heteroatoms. The summed E-state index contributed by atoms with van der Waals surface area (Å²) in [5.74, 6) is 0.597. The molecule has 0 heterocycles. The zero-order valence-corrected chi connectivity index (χ0v) is 12.0. The topological polar surface area (TPSA) is 61.7 Å². The van der Waals surface area contributed by atoms with Gasteiger partial charge in [-0.25, -0.2) is 0 Å². The summed E-state index contributed by atoms with van der Waals surface area (Å²) in [6.07, 6.45) is 3.67. The Kier molecular flexibility index (Phi) is 6.57. The van der Waals surface area contributed by atoms with E-state index in [-0.39, 0.29) is 6.10 Å². The normalized spacial score (nSPS) is 30.7. The number of ether oxygens (including phenoxy) is 1. The Morgan fingerprint density at radius 2 is 2.17 bits per heavy atom. The highest BCUT2D eigenvalue weighted by Crippen LogP contribution is 2.31. The summed E-state index contributed by atoms with van der Waals surface area (Å²) in [5.41, 5.74) is -0.587. The Morgan fingerprint density at radius 1 is 1.44 bits per heavy atom. The first-order chi connectivity index (χ1) is 8.41. The summed E-state index contributed by atoms with van der Waals surface area (Å²) in [6, 6.07) is 0. The van der Waals surface area contributed by atoms with E-state index in [1.165, 1.54) is 6.42 Å². The van der Waals surface area contributed by atoms with Crippen molar-refractivity contribution in [1.82, 2.24) is 5.32 Å². The molecule has 1 rings (SSSR count). The maximum atomic E-state index is 10.4. The predicted molar refractivity (Wildman–Crippen MR) is 72.5 cm³/mol. The van der Waals surface area contributed by atoms with Crippen LogP contribution in [0, 0.1) is 5.92 Å². The van der Waals surface area contributed by atoms with Gasteiger partial charge in [0.05, 0.1) is 24.4 Å². The molecule has 0 amide bonds. The van der Waals surface area contributed by atoms with E-state index in [0.29, 0.717) is 25.6 Å². The van der Waals surface area contributed by atoms with Gasteiger partial charge >= 0.3 is 0 Å². The molecule has 3 unspecified atom stereocenters. The van der Waals surface area contributed by atoms with Crippen molar-refractivity contribution in [2.75, 3.05) is 19.7 Å². The van der Waals surface area contributed by atoms with Gasteiger partial charge in [0.1, 0.15) is 0 Å². The Hall–Kier alpha value is -0.160. The van der Waals surface area contributed by atoms with E-state index in [4.69, 9.17) is 4.74 Å². The lowest BCUT2D eigenvalue weighted by Gasteiger charge is -2.36. The Morgan fingerprint density at radius 3 is 2.78 bits per heavy atom. The van der Waals surface area contributed by atoms with E-state index in [0.717, 1.165) is 19.3 Å². The van der Waals surface area contributed by atoms with E-state index in [1.54, 1.807) is 0 Å². The molecule has 18 heavy (non-hydrogen) atoms. The fourth-order valence-electron chi connectivity index (χ4n) is 2.63. The lowest BCUT2D eigenvalue weighted by molar-refractivity contribution is -0.0203. The Balaban J connectivity index is 2.16. The SMILES string of the molecule is CC1CCCC(O)(CNCC(O)COC(C)C)C1. The van der Waals surface area contributed by atoms with Gasteiger partial charge in [-0.2, -0.15) is 0 Å². The highest BCUT2D eigenvalue weighted by atomic mass is 16.5. The lowest BCUT2D eigenvalue weighted by atomic mass is 9.79. The van der Waals surface area contributed by atoms with Crippen LogP contribution in [0.15, 0.2) is 0 Å². The number of hydrogen-bond donors (Lipinski definition) is 3. The number of rotatable bonds is 7. The highest BCUT2D eigenvalue weighted by molar-refractivity contribution is 4.87. The molecule has 0 bridgehead atoms. The van der Waals surface area contributed by atoms with Gasteiger partial charge in [-0.05, 0) is 32.6 Å². The average Bonchev–Trinajstić information content (AvgIpc) is 2.25. The van der Waals surface area contributed by atoms with Crippen LogP contribution in [0.4, 0.5) is 0 Å². The minimum atomic E-state index is -0.587. The van der Waals surface area contributed by atoms with Crippen LogP contribution in [0.1, 0.15) is 46.5 Å². The molecule has 0 aromatic carbocycles. The second kappa shape index (κ2) is 7.43. The largest absolute Gasteiger partial charge is 0.389 e. The molecule has 0 aliphatic heterocycles. The van der Waals surface area contributed by atoms with Crippen LogP contribution in [0.25, 0.3) is 0 Å². The molecule has 0 aromatic heterocycles. The zero-order chi connectivity index (χ0) is 13.6. The van der Waals surface area contributed by atoms with E-state index < -0.39 is 11.7 Å². The van der Waals surface area contributed by atoms with Crippen LogP contribution in [0.5, 0.6) is 0 Å². The molecule has 0 saturated heterocycles. The van der Waals surface area contributed by atoms with Crippen molar-refractivity contribution >= 4 is 0 Å². The molecule has 1 saturated carbocycles. The van der Waals surface area contributed by atoms with Gasteiger partial charge in [0.2, 0.25) is 0 Å². The summed E-state index contributed by atoms with van der Waals surface area (Å²) in [6.45, 7) is 7.48. The van der Waals surface area contributed by atoms with Crippen molar-refractivity contribution in [2.24, 2.45) is 5.92 Å². The van der Waals surface area contributed by atoms with Crippen molar-refractivity contribution in [3.8, 4) is 0 Å². The van der Waals surface area contributed by atoms with Crippen molar-refractivity contribution < 1.29 is 14.9 Å². The fourth-order valence-corrected chi connectivity index (χ4v) is 2.63. The van der Waals surface area contributed by atoms with Crippen LogP contribution in [0.3, 0.4) is 0 Å². The molecule has 0 spiro atoms. The maximum absolute atomic E-state index is 10.4. The summed E-state index contributed by atoms with van der Waals surface area (Å²) >= 11 is 0. The lowest BCUT2D eigenvalue weighted by Crippen LogP contribution is -2.46. The molecule has 1 fully saturated rings. The molecular formula is C14H29NO3. The van der Waals surface area contributed by atoms with Gasteiger partial charge in [0.25, 0.3) is 0 Å². The van der Waals surface area contributed by atoms with Crippen molar-refractivity contribution in [3.05, 3.63) is 0 Å². The predicted octanol–water partition coefficient (Wildman–Crippen LogP) is 1.30. The van der Waals surface area contributed by atoms with Gasteiger partial charge in [0, 0.05) is 13.1 Å². The average molecular weight is 259 g/mol. The van der Waals surface area contributed by atoms with Gasteiger partial charge in [-0.1, -0.05) is 19.8 Å². The number of aliphatic hydroxyl groups excluding tert-OH is 1. The van der Waals surface area contributed by atoms with Crippen LogP contribution in [-0.2, 0) is 4.74 Å². The van der Waals surface area contributed by atoms with E-state index in [9.17, 15) is 10.2 Å². The first kappa shape index (κ1) is 15.9. The molecule has 4 nitrogen and oxygen atoms in total. The number of aliphatic hydroxyl groups is 2. The van der Waals surface area contributed by atoms with Gasteiger partial charge in [0.15, 0.2) is 0 Å². The zero-order valence-electron chi connectivity index (χ0n) is 12.0. The summed E-state index contributed by atoms with van der Waals surface area (Å²) in [4.78, 5) is 0. The molecular weight excluding hydrogens is 230 g/mol. The third-order valence-corrected chi connectivity index (χ3v) is 3.52. The molecule has 3 atom stereocenters. The van der Waals surface area contributed by atoms with E-state index in [1.807, 2.05) is 13.8 Å². The van der Waals surface area contributed by atoms with E-state index in [2.05, 4.69) is 12.2 Å². The maximum Gasteiger partial charge on any atom is 0.0897 e. The Labute approximate surface area is 111 Å². The van der Waals surface area contributed by atoms with Gasteiger partial charge in [-0.3, -0.25) is 0 Å². The molecule has 3 N–H and O–H groups in total. The highest BCUT2D eigenvalue weighted by Gasteiger charge is 2.32. The molecule has 0 radical (unpaired) electrons. The minimum absolute atomic E-state index is 0.142. The Bertz CT molecular complexity index is 235. The second-order valence-electron chi connectivity index (χ2n) is 6.09. The van der Waals surface area contributed by atoms with Crippen LogP contribution in [0.2, 0.25) is 0 Å². The van der Waals surface area contributed by atoms with Crippen molar-refractivity contribution in [1.29, 1.82) is 0 Å². The smallest absolute Gasteiger partial charge is 0.0897 e. The minimum Gasteiger partial charge on any atom is -0.389 e. The third kappa shape index (κ3) is 6.14. The summed E-state index contributed by atoms with van der Waals surface area (Å²) in [7, 11) is 0. The molecule has 1 aliphatic carbocycles. The second-order valence-corrected chi connectivity index (χ2v) is 6.09. The number of nitrogens with one attached hydrogen (secondary N) is 1. The van der Waals surface area contributed by atoms with Crippen LogP contribution in [-0.4, -0.2) is 47.7 Å². The third-order valence-electron chi connectivity index (χ3n) is 3.52. The monoisotopic (exact) mass is 259 g/mol. The summed E-state index contributed by atoms with van der Waals surface area (Å²) in [5, 5.41) is 23.3. The molecule has 108 valence electrons. The fraction of sp³-hybridized carbons (Fsp3) is 1.00. The number of hydrogen-bond acceptors (Lipinski definition) is 4. The summed E-state index contributed by atoms with van der Waals surface area (Å²) < 4.78 is 5.34. The van der Waals surface area contributed by atoms with Crippen LogP contribution >= 0.6 is 0 Å². The first-order valence-electron chi connectivity index (χ1n) is 7.14. The standard InChI is InChI=1S/C14H29NO3/c1-11(2)18-9-13(16)8-15-10-14(17)6-4-5-12(3)7-14/h11-13,15-17H,4-10H2,1-3H3. The first-order valence-corrected chi connectivity index (χ1v) is 7.14. The van der Waals surface area contributed by atoms with Crippen LogP contribution < -0.4 is 5.32 Å². The van der Waals surface area contributed by atoms with E-state index >= 15 is 0 Å². The van der Waals surface area contributed by atoms with Crippen molar-refractivity contribution in [3.63, 3.8) is 0 Å².